The molecule has 0 saturated heterocycles. The minimum atomic E-state index is -0.0136. The summed E-state index contributed by atoms with van der Waals surface area (Å²) in [6.07, 6.45) is 4.72. The van der Waals surface area contributed by atoms with Crippen LogP contribution in [-0.2, 0) is 6.54 Å². The van der Waals surface area contributed by atoms with Gasteiger partial charge in [-0.15, -0.1) is 0 Å². The molecule has 0 saturated carbocycles. The van der Waals surface area contributed by atoms with E-state index in [1.54, 1.807) is 28.6 Å². The standard InChI is InChI=1S/C9H13BrN2OS/c1-14-4-2-3-12-6-7(11)5-8(10)9(12)13/h5-6H,2-4,11H2,1H3. The van der Waals surface area contributed by atoms with E-state index in [-0.39, 0.29) is 5.56 Å². The molecule has 0 aliphatic rings. The fourth-order valence-corrected chi connectivity index (χ4v) is 2.08. The third-order valence-electron chi connectivity index (χ3n) is 1.81. The summed E-state index contributed by atoms with van der Waals surface area (Å²) in [5, 5.41) is 0. The predicted octanol–water partition coefficient (Wildman–Crippen LogP) is 1.95. The molecule has 1 aromatic rings. The van der Waals surface area contributed by atoms with E-state index in [0.29, 0.717) is 10.2 Å². The van der Waals surface area contributed by atoms with Crippen LogP contribution in [-0.4, -0.2) is 16.6 Å². The lowest BCUT2D eigenvalue weighted by Crippen LogP contribution is -2.21. The van der Waals surface area contributed by atoms with Gasteiger partial charge in [0.25, 0.3) is 5.56 Å². The number of aryl methyl sites for hydroxylation is 1. The minimum Gasteiger partial charge on any atom is -0.398 e. The Hall–Kier alpha value is -0.420. The maximum Gasteiger partial charge on any atom is 0.264 e. The summed E-state index contributed by atoms with van der Waals surface area (Å²) in [6.45, 7) is 0.726. The van der Waals surface area contributed by atoms with Crippen LogP contribution in [0.15, 0.2) is 21.5 Å². The Morgan fingerprint density at radius 2 is 2.36 bits per heavy atom. The number of halogens is 1. The van der Waals surface area contributed by atoms with Crippen molar-refractivity contribution >= 4 is 33.4 Å². The molecule has 5 heteroatoms. The molecule has 0 unspecified atom stereocenters. The first-order valence-electron chi connectivity index (χ1n) is 4.29. The van der Waals surface area contributed by atoms with Crippen molar-refractivity contribution in [2.24, 2.45) is 0 Å². The average molecular weight is 277 g/mol. The quantitative estimate of drug-likeness (QED) is 0.856. The van der Waals surface area contributed by atoms with Crippen molar-refractivity contribution in [3.05, 3.63) is 27.1 Å². The van der Waals surface area contributed by atoms with Gasteiger partial charge in [-0.25, -0.2) is 0 Å². The van der Waals surface area contributed by atoms with Crippen LogP contribution in [0.4, 0.5) is 5.69 Å². The number of nitrogens with zero attached hydrogens (tertiary/aromatic N) is 1. The molecule has 0 radical (unpaired) electrons. The Morgan fingerprint density at radius 3 is 3.00 bits per heavy atom. The second-order valence-electron chi connectivity index (χ2n) is 2.97. The molecule has 3 nitrogen and oxygen atoms in total. The highest BCUT2D eigenvalue weighted by atomic mass is 79.9. The zero-order valence-electron chi connectivity index (χ0n) is 8.00. The monoisotopic (exact) mass is 276 g/mol. The van der Waals surface area contributed by atoms with Crippen molar-refractivity contribution in [3.63, 3.8) is 0 Å². The van der Waals surface area contributed by atoms with E-state index >= 15 is 0 Å². The fraction of sp³-hybridized carbons (Fsp3) is 0.444. The third-order valence-corrected chi connectivity index (χ3v) is 3.08. The lowest BCUT2D eigenvalue weighted by atomic mass is 10.4. The summed E-state index contributed by atoms with van der Waals surface area (Å²) in [5.74, 6) is 1.05. The van der Waals surface area contributed by atoms with Gasteiger partial charge in [0.15, 0.2) is 0 Å². The van der Waals surface area contributed by atoms with Gasteiger partial charge in [-0.2, -0.15) is 11.8 Å². The molecule has 14 heavy (non-hydrogen) atoms. The number of aromatic nitrogens is 1. The van der Waals surface area contributed by atoms with Crippen molar-refractivity contribution < 1.29 is 0 Å². The second kappa shape index (κ2) is 5.46. The second-order valence-corrected chi connectivity index (χ2v) is 4.81. The molecule has 1 rings (SSSR count). The van der Waals surface area contributed by atoms with Gasteiger partial charge in [-0.05, 0) is 40.4 Å². The molecule has 0 atom stereocenters. The van der Waals surface area contributed by atoms with Gasteiger partial charge in [-0.3, -0.25) is 4.79 Å². The summed E-state index contributed by atoms with van der Waals surface area (Å²) in [6, 6.07) is 1.63. The van der Waals surface area contributed by atoms with Crippen LogP contribution >= 0.6 is 27.7 Å². The molecule has 0 aliphatic carbocycles. The summed E-state index contributed by atoms with van der Waals surface area (Å²) in [4.78, 5) is 11.6. The summed E-state index contributed by atoms with van der Waals surface area (Å²) in [5.41, 5.74) is 6.24. The molecule has 1 aromatic heterocycles. The number of hydrogen-bond donors (Lipinski definition) is 1. The molecule has 0 spiro atoms. The van der Waals surface area contributed by atoms with E-state index in [0.717, 1.165) is 18.7 Å². The number of nitrogens with two attached hydrogens (primary N) is 1. The predicted molar refractivity (Wildman–Crippen MR) is 65.8 cm³/mol. The Labute approximate surface area is 95.8 Å². The highest BCUT2D eigenvalue weighted by molar-refractivity contribution is 9.10. The first-order valence-corrected chi connectivity index (χ1v) is 6.48. The SMILES string of the molecule is CSCCCn1cc(N)cc(Br)c1=O. The van der Waals surface area contributed by atoms with Gasteiger partial charge in [0, 0.05) is 18.4 Å². The largest absolute Gasteiger partial charge is 0.398 e. The van der Waals surface area contributed by atoms with Gasteiger partial charge in [0.2, 0.25) is 0 Å². The zero-order chi connectivity index (χ0) is 10.6. The Morgan fingerprint density at radius 1 is 1.64 bits per heavy atom. The number of pyridine rings is 1. The van der Waals surface area contributed by atoms with Crippen molar-refractivity contribution in [2.45, 2.75) is 13.0 Å². The van der Waals surface area contributed by atoms with Gasteiger partial charge < -0.3 is 10.3 Å². The Bertz CT molecular complexity index is 364. The highest BCUT2D eigenvalue weighted by Gasteiger charge is 2.01. The summed E-state index contributed by atoms with van der Waals surface area (Å²) in [7, 11) is 0. The number of thioether (sulfide) groups is 1. The van der Waals surface area contributed by atoms with E-state index in [9.17, 15) is 4.79 Å². The normalized spacial score (nSPS) is 10.4. The molecule has 0 bridgehead atoms. The number of anilines is 1. The van der Waals surface area contributed by atoms with Crippen molar-refractivity contribution in [2.75, 3.05) is 17.7 Å². The van der Waals surface area contributed by atoms with Gasteiger partial charge in [-0.1, -0.05) is 0 Å². The number of hydrogen-bond acceptors (Lipinski definition) is 3. The van der Waals surface area contributed by atoms with Crippen molar-refractivity contribution in [1.82, 2.24) is 4.57 Å². The van der Waals surface area contributed by atoms with Crippen LogP contribution < -0.4 is 11.3 Å². The van der Waals surface area contributed by atoms with Crippen molar-refractivity contribution in [3.8, 4) is 0 Å². The van der Waals surface area contributed by atoms with E-state index in [1.165, 1.54) is 0 Å². The zero-order valence-corrected chi connectivity index (χ0v) is 10.4. The topological polar surface area (TPSA) is 48.0 Å². The van der Waals surface area contributed by atoms with Crippen LogP contribution in [0, 0.1) is 0 Å². The van der Waals surface area contributed by atoms with Crippen LogP contribution in [0.2, 0.25) is 0 Å². The lowest BCUT2D eigenvalue weighted by Gasteiger charge is -2.06. The van der Waals surface area contributed by atoms with Crippen LogP contribution in [0.5, 0.6) is 0 Å². The maximum atomic E-state index is 11.6. The minimum absolute atomic E-state index is 0.0136. The van der Waals surface area contributed by atoms with E-state index in [1.807, 2.05) is 0 Å². The molecule has 0 amide bonds. The van der Waals surface area contributed by atoms with Gasteiger partial charge in [0.1, 0.15) is 0 Å². The Balaban J connectivity index is 2.81. The van der Waals surface area contributed by atoms with Crippen molar-refractivity contribution in [1.29, 1.82) is 0 Å². The van der Waals surface area contributed by atoms with E-state index in [4.69, 9.17) is 5.73 Å². The van der Waals surface area contributed by atoms with Crippen LogP contribution in [0.25, 0.3) is 0 Å². The number of nitrogen functional groups attached to an aromatic ring is 1. The molecule has 1 heterocycles. The molecular weight excluding hydrogens is 264 g/mol. The lowest BCUT2D eigenvalue weighted by molar-refractivity contribution is 0.657. The van der Waals surface area contributed by atoms with E-state index < -0.39 is 0 Å². The Kier molecular flexibility index (Phi) is 4.54. The maximum absolute atomic E-state index is 11.6. The molecule has 78 valence electrons. The fourth-order valence-electron chi connectivity index (χ4n) is 1.17. The van der Waals surface area contributed by atoms with E-state index in [2.05, 4.69) is 22.2 Å². The van der Waals surface area contributed by atoms with Gasteiger partial charge >= 0.3 is 0 Å². The summed E-state index contributed by atoms with van der Waals surface area (Å²) >= 11 is 4.96. The molecule has 0 fully saturated rings. The van der Waals surface area contributed by atoms with Gasteiger partial charge in [0.05, 0.1) is 4.47 Å². The number of rotatable bonds is 4. The molecule has 0 aliphatic heterocycles. The molecule has 0 aromatic carbocycles. The third kappa shape index (κ3) is 3.06. The first-order chi connectivity index (χ1) is 6.65. The summed E-state index contributed by atoms with van der Waals surface area (Å²) < 4.78 is 2.18. The molecular formula is C9H13BrN2OS. The van der Waals surface area contributed by atoms with Crippen LogP contribution in [0.1, 0.15) is 6.42 Å². The average Bonchev–Trinajstić information content (AvgIpc) is 2.13. The smallest absolute Gasteiger partial charge is 0.264 e. The molecule has 2 N–H and O–H groups in total. The first kappa shape index (κ1) is 11.7. The van der Waals surface area contributed by atoms with Crippen LogP contribution in [0.3, 0.4) is 0 Å². The highest BCUT2D eigenvalue weighted by Crippen LogP contribution is 2.08.